The molecule has 0 saturated carbocycles. The Balaban J connectivity index is 2.82. The van der Waals surface area contributed by atoms with E-state index < -0.39 is 10.0 Å². The summed E-state index contributed by atoms with van der Waals surface area (Å²) >= 11 is 1.25. The zero-order valence-corrected chi connectivity index (χ0v) is 12.1. The number of thiophene rings is 1. The fourth-order valence-electron chi connectivity index (χ4n) is 1.29. The first-order chi connectivity index (χ1) is 7.90. The molecule has 3 N–H and O–H groups in total. The van der Waals surface area contributed by atoms with Crippen molar-refractivity contribution in [3.8, 4) is 0 Å². The maximum absolute atomic E-state index is 12.0. The first kappa shape index (κ1) is 14.6. The van der Waals surface area contributed by atoms with Gasteiger partial charge in [0.25, 0.3) is 0 Å². The van der Waals surface area contributed by atoms with Gasteiger partial charge in [-0.05, 0) is 24.5 Å². The lowest BCUT2D eigenvalue weighted by Crippen LogP contribution is -2.27. The molecule has 98 valence electrons. The Morgan fingerprint density at radius 3 is 2.65 bits per heavy atom. The molecule has 0 amide bonds. The first-order valence-electron chi connectivity index (χ1n) is 5.69. The van der Waals surface area contributed by atoms with Gasteiger partial charge < -0.3 is 5.73 Å². The fourth-order valence-corrected chi connectivity index (χ4v) is 3.97. The van der Waals surface area contributed by atoms with Crippen molar-refractivity contribution in [2.75, 3.05) is 6.54 Å². The molecule has 0 fully saturated rings. The molecule has 1 unspecified atom stereocenters. The maximum atomic E-state index is 12.0. The van der Waals surface area contributed by atoms with Crippen LogP contribution in [0.15, 0.2) is 10.3 Å². The molecule has 0 aromatic carbocycles. The zero-order valence-electron chi connectivity index (χ0n) is 10.5. The highest BCUT2D eigenvalue weighted by atomic mass is 32.2. The lowest BCUT2D eigenvalue weighted by Gasteiger charge is -2.09. The standard InChI is InChI=1S/C11H20N2O2S2/c1-4-8(2)7-13-17(14,15)11-5-9(3)10(6-12)16-11/h5,8,13H,4,6-7,12H2,1-3H3. The Morgan fingerprint density at radius 2 is 2.18 bits per heavy atom. The Bertz CT molecular complexity index is 466. The lowest BCUT2D eigenvalue weighted by molar-refractivity contribution is 0.529. The highest BCUT2D eigenvalue weighted by Crippen LogP contribution is 2.25. The second-order valence-corrected chi connectivity index (χ2v) is 7.37. The van der Waals surface area contributed by atoms with Gasteiger partial charge in [-0.3, -0.25) is 0 Å². The predicted molar refractivity (Wildman–Crippen MR) is 71.6 cm³/mol. The smallest absolute Gasteiger partial charge is 0.250 e. The summed E-state index contributed by atoms with van der Waals surface area (Å²) in [6, 6.07) is 1.69. The predicted octanol–water partition coefficient (Wildman–Crippen LogP) is 1.84. The van der Waals surface area contributed by atoms with E-state index in [1.807, 2.05) is 20.8 Å². The number of nitrogens with one attached hydrogen (secondary N) is 1. The highest BCUT2D eigenvalue weighted by Gasteiger charge is 2.18. The molecule has 0 aliphatic heterocycles. The van der Waals surface area contributed by atoms with Crippen LogP contribution in [0.3, 0.4) is 0 Å². The van der Waals surface area contributed by atoms with Crippen LogP contribution in [-0.4, -0.2) is 15.0 Å². The molecule has 1 aromatic rings. The molecule has 1 atom stereocenters. The molecule has 1 heterocycles. The van der Waals surface area contributed by atoms with E-state index in [1.165, 1.54) is 11.3 Å². The average Bonchev–Trinajstić information content (AvgIpc) is 2.68. The molecule has 0 aliphatic carbocycles. The minimum absolute atomic E-state index is 0.347. The Hall–Kier alpha value is -0.430. The number of hydrogen-bond donors (Lipinski definition) is 2. The van der Waals surface area contributed by atoms with E-state index in [2.05, 4.69) is 4.72 Å². The summed E-state index contributed by atoms with van der Waals surface area (Å²) in [5.41, 5.74) is 6.49. The summed E-state index contributed by atoms with van der Waals surface area (Å²) < 4.78 is 27.0. The van der Waals surface area contributed by atoms with Crippen LogP contribution in [0.4, 0.5) is 0 Å². The van der Waals surface area contributed by atoms with Crippen LogP contribution in [-0.2, 0) is 16.6 Å². The molecular weight excluding hydrogens is 256 g/mol. The van der Waals surface area contributed by atoms with Gasteiger partial charge in [-0.25, -0.2) is 13.1 Å². The number of aryl methyl sites for hydroxylation is 1. The van der Waals surface area contributed by atoms with Gasteiger partial charge in [0, 0.05) is 18.0 Å². The van der Waals surface area contributed by atoms with Gasteiger partial charge in [-0.15, -0.1) is 11.3 Å². The van der Waals surface area contributed by atoms with Crippen LogP contribution < -0.4 is 10.5 Å². The summed E-state index contributed by atoms with van der Waals surface area (Å²) in [4.78, 5) is 0.925. The van der Waals surface area contributed by atoms with Crippen LogP contribution >= 0.6 is 11.3 Å². The van der Waals surface area contributed by atoms with E-state index >= 15 is 0 Å². The summed E-state index contributed by atoms with van der Waals surface area (Å²) in [5.74, 6) is 0.347. The Labute approximate surface area is 107 Å². The minimum Gasteiger partial charge on any atom is -0.326 e. The van der Waals surface area contributed by atoms with Crippen molar-refractivity contribution >= 4 is 21.4 Å². The van der Waals surface area contributed by atoms with Gasteiger partial charge in [0.1, 0.15) is 4.21 Å². The fraction of sp³-hybridized carbons (Fsp3) is 0.636. The number of nitrogens with two attached hydrogens (primary N) is 1. The topological polar surface area (TPSA) is 72.2 Å². The summed E-state index contributed by atoms with van der Waals surface area (Å²) in [7, 11) is -3.36. The second-order valence-electron chi connectivity index (χ2n) is 4.24. The number of hydrogen-bond acceptors (Lipinski definition) is 4. The molecule has 0 saturated heterocycles. The van der Waals surface area contributed by atoms with Crippen LogP contribution in [0.5, 0.6) is 0 Å². The summed E-state index contributed by atoms with van der Waals surface area (Å²) in [6.07, 6.45) is 0.958. The minimum atomic E-state index is -3.36. The van der Waals surface area contributed by atoms with E-state index in [-0.39, 0.29) is 0 Å². The van der Waals surface area contributed by atoms with Crippen LogP contribution in [0, 0.1) is 12.8 Å². The van der Waals surface area contributed by atoms with Crippen LogP contribution in [0.1, 0.15) is 30.7 Å². The molecule has 0 aliphatic rings. The average molecular weight is 276 g/mol. The van der Waals surface area contributed by atoms with Crippen molar-refractivity contribution in [2.24, 2.45) is 11.7 Å². The molecular formula is C11H20N2O2S2. The second kappa shape index (κ2) is 5.95. The maximum Gasteiger partial charge on any atom is 0.250 e. The Kier molecular flexibility index (Phi) is 5.12. The monoisotopic (exact) mass is 276 g/mol. The molecule has 4 nitrogen and oxygen atoms in total. The van der Waals surface area contributed by atoms with Gasteiger partial charge in [0.2, 0.25) is 10.0 Å². The summed E-state index contributed by atoms with van der Waals surface area (Å²) in [5, 5.41) is 0. The van der Waals surface area contributed by atoms with Crippen LogP contribution in [0.2, 0.25) is 0 Å². The van der Waals surface area contributed by atoms with Crippen molar-refractivity contribution in [3.63, 3.8) is 0 Å². The molecule has 0 radical (unpaired) electrons. The third-order valence-electron chi connectivity index (χ3n) is 2.77. The molecule has 17 heavy (non-hydrogen) atoms. The molecule has 6 heteroatoms. The van der Waals surface area contributed by atoms with Crippen molar-refractivity contribution in [3.05, 3.63) is 16.5 Å². The van der Waals surface area contributed by atoms with Gasteiger partial charge in [-0.2, -0.15) is 0 Å². The van der Waals surface area contributed by atoms with Gasteiger partial charge in [0.05, 0.1) is 0 Å². The lowest BCUT2D eigenvalue weighted by atomic mass is 10.1. The van der Waals surface area contributed by atoms with Crippen molar-refractivity contribution in [1.82, 2.24) is 4.72 Å². The van der Waals surface area contributed by atoms with Crippen LogP contribution in [0.25, 0.3) is 0 Å². The largest absolute Gasteiger partial charge is 0.326 e. The third kappa shape index (κ3) is 3.77. The molecule has 0 spiro atoms. The van der Waals surface area contributed by atoms with E-state index in [0.717, 1.165) is 16.9 Å². The number of sulfonamides is 1. The zero-order chi connectivity index (χ0) is 13.1. The number of rotatable bonds is 6. The van der Waals surface area contributed by atoms with E-state index in [1.54, 1.807) is 6.07 Å². The normalized spacial score (nSPS) is 13.9. The van der Waals surface area contributed by atoms with E-state index in [4.69, 9.17) is 5.73 Å². The van der Waals surface area contributed by atoms with Crippen molar-refractivity contribution < 1.29 is 8.42 Å². The third-order valence-corrected chi connectivity index (χ3v) is 5.92. The van der Waals surface area contributed by atoms with E-state index in [0.29, 0.717) is 23.2 Å². The molecule has 0 bridgehead atoms. The van der Waals surface area contributed by atoms with E-state index in [9.17, 15) is 8.42 Å². The van der Waals surface area contributed by atoms with Gasteiger partial charge >= 0.3 is 0 Å². The SMILES string of the molecule is CCC(C)CNS(=O)(=O)c1cc(C)c(CN)s1. The summed E-state index contributed by atoms with van der Waals surface area (Å²) in [6.45, 7) is 6.81. The van der Waals surface area contributed by atoms with Gasteiger partial charge in [0.15, 0.2) is 0 Å². The highest BCUT2D eigenvalue weighted by molar-refractivity contribution is 7.91. The first-order valence-corrected chi connectivity index (χ1v) is 7.99. The Morgan fingerprint density at radius 1 is 1.53 bits per heavy atom. The van der Waals surface area contributed by atoms with Crippen molar-refractivity contribution in [2.45, 2.75) is 37.9 Å². The quantitative estimate of drug-likeness (QED) is 0.832. The molecule has 1 rings (SSSR count). The molecule has 1 aromatic heterocycles. The van der Waals surface area contributed by atoms with Gasteiger partial charge in [-0.1, -0.05) is 20.3 Å². The van der Waals surface area contributed by atoms with Crippen molar-refractivity contribution in [1.29, 1.82) is 0 Å².